The van der Waals surface area contributed by atoms with Crippen LogP contribution in [-0.4, -0.2) is 63.2 Å². The second-order valence-electron chi connectivity index (χ2n) is 9.41. The van der Waals surface area contributed by atoms with E-state index in [2.05, 4.69) is 5.32 Å². The molecule has 0 aromatic heterocycles. The summed E-state index contributed by atoms with van der Waals surface area (Å²) in [5.41, 5.74) is 0.932. The second-order valence-corrected chi connectivity index (χ2v) is 12.0. The van der Waals surface area contributed by atoms with Crippen LogP contribution in [0.3, 0.4) is 0 Å². The average molecular weight is 566 g/mol. The molecule has 208 valence electrons. The van der Waals surface area contributed by atoms with Crippen molar-refractivity contribution in [3.8, 4) is 11.5 Å². The topological polar surface area (TPSA) is 105 Å². The van der Waals surface area contributed by atoms with Crippen molar-refractivity contribution in [2.24, 2.45) is 5.92 Å². The van der Waals surface area contributed by atoms with E-state index in [-0.39, 0.29) is 29.8 Å². The first kappa shape index (κ1) is 29.6. The molecule has 2 amide bonds. The molecule has 38 heavy (non-hydrogen) atoms. The van der Waals surface area contributed by atoms with Crippen molar-refractivity contribution < 1.29 is 27.5 Å². The molecule has 1 aliphatic rings. The van der Waals surface area contributed by atoms with E-state index in [0.29, 0.717) is 48.3 Å². The zero-order chi connectivity index (χ0) is 27.9. The predicted octanol–water partition coefficient (Wildman–Crippen LogP) is 3.85. The number of carbonyl (C=O) groups is 2. The minimum absolute atomic E-state index is 0.0489. The van der Waals surface area contributed by atoms with Crippen LogP contribution in [0.4, 0.5) is 5.69 Å². The number of benzene rings is 2. The minimum atomic E-state index is -3.86. The third kappa shape index (κ3) is 7.32. The first-order valence-electron chi connectivity index (χ1n) is 12.8. The number of hydrogen-bond acceptors (Lipinski definition) is 6. The summed E-state index contributed by atoms with van der Waals surface area (Å²) in [7, 11) is -3.86. The summed E-state index contributed by atoms with van der Waals surface area (Å²) < 4.78 is 38.6. The van der Waals surface area contributed by atoms with Crippen molar-refractivity contribution in [1.29, 1.82) is 0 Å². The highest BCUT2D eigenvalue weighted by Gasteiger charge is 2.33. The van der Waals surface area contributed by atoms with E-state index in [4.69, 9.17) is 21.1 Å². The lowest BCUT2D eigenvalue weighted by atomic mass is 10.1. The van der Waals surface area contributed by atoms with Crippen LogP contribution in [0.5, 0.6) is 11.5 Å². The van der Waals surface area contributed by atoms with Gasteiger partial charge in [-0.05, 0) is 43.0 Å². The summed E-state index contributed by atoms with van der Waals surface area (Å²) in [6.07, 6.45) is 0.338. The number of nitrogens with one attached hydrogen (secondary N) is 1. The van der Waals surface area contributed by atoms with E-state index >= 15 is 0 Å². The lowest BCUT2D eigenvalue weighted by Gasteiger charge is -2.33. The van der Waals surface area contributed by atoms with Crippen LogP contribution >= 0.6 is 11.6 Å². The number of rotatable bonds is 12. The van der Waals surface area contributed by atoms with Gasteiger partial charge in [-0.1, -0.05) is 50.6 Å². The Morgan fingerprint density at radius 1 is 1.05 bits per heavy atom. The predicted molar refractivity (Wildman–Crippen MR) is 148 cm³/mol. The van der Waals surface area contributed by atoms with Gasteiger partial charge in [0.2, 0.25) is 21.8 Å². The third-order valence-corrected chi connectivity index (χ3v) is 8.27. The standard InChI is InChI=1S/C27H36ClN3O6S/c1-5-23(27(33)29-16-19(3)4)30(17-20-9-7-8-10-22(20)28)26(32)18-31(38(34,35)6-2)21-11-12-24-25(15-21)37-14-13-36-24/h7-12,15,19,23H,5-6,13-14,16-18H2,1-4H3,(H,29,33). The van der Waals surface area contributed by atoms with Crippen LogP contribution in [0.2, 0.25) is 5.02 Å². The van der Waals surface area contributed by atoms with Crippen molar-refractivity contribution in [2.45, 2.75) is 46.7 Å². The Labute approximate surface area is 230 Å². The molecule has 0 aliphatic carbocycles. The fraction of sp³-hybridized carbons (Fsp3) is 0.481. The van der Waals surface area contributed by atoms with Gasteiger partial charge in [-0.2, -0.15) is 0 Å². The SMILES string of the molecule is CCC(C(=O)NCC(C)C)N(Cc1ccccc1Cl)C(=O)CN(c1ccc2c(c1)OCCO2)S(=O)(=O)CC. The molecule has 1 unspecified atom stereocenters. The van der Waals surface area contributed by atoms with Crippen LogP contribution < -0.4 is 19.1 Å². The first-order chi connectivity index (χ1) is 18.1. The number of fused-ring (bicyclic) bond motifs is 1. The Bertz CT molecular complexity index is 1240. The van der Waals surface area contributed by atoms with Gasteiger partial charge in [-0.25, -0.2) is 8.42 Å². The van der Waals surface area contributed by atoms with Gasteiger partial charge in [0.1, 0.15) is 25.8 Å². The normalized spacial score (nSPS) is 13.6. The second kappa shape index (κ2) is 13.2. The monoisotopic (exact) mass is 565 g/mol. The van der Waals surface area contributed by atoms with Crippen LogP contribution in [-0.2, 0) is 26.2 Å². The number of halogens is 1. The molecule has 1 N–H and O–H groups in total. The summed E-state index contributed by atoms with van der Waals surface area (Å²) in [5.74, 6) is 0.0998. The maximum Gasteiger partial charge on any atom is 0.244 e. The molecule has 0 saturated heterocycles. The number of anilines is 1. The van der Waals surface area contributed by atoms with Gasteiger partial charge in [-0.3, -0.25) is 13.9 Å². The zero-order valence-electron chi connectivity index (χ0n) is 22.3. The Kier molecular flexibility index (Phi) is 10.3. The Balaban J connectivity index is 1.98. The molecule has 2 aromatic rings. The number of nitrogens with zero attached hydrogens (tertiary/aromatic N) is 2. The van der Waals surface area contributed by atoms with Crippen LogP contribution in [0, 0.1) is 5.92 Å². The maximum atomic E-state index is 13.9. The summed E-state index contributed by atoms with van der Waals surface area (Å²) in [6.45, 7) is 8.04. The Morgan fingerprint density at radius 3 is 2.37 bits per heavy atom. The van der Waals surface area contributed by atoms with E-state index in [1.165, 1.54) is 11.8 Å². The lowest BCUT2D eigenvalue weighted by Crippen LogP contribution is -2.52. The number of ether oxygens (including phenoxy) is 2. The highest BCUT2D eigenvalue weighted by atomic mass is 35.5. The summed E-state index contributed by atoms with van der Waals surface area (Å²) >= 11 is 6.40. The van der Waals surface area contributed by atoms with E-state index in [1.807, 2.05) is 20.8 Å². The van der Waals surface area contributed by atoms with Gasteiger partial charge in [0, 0.05) is 24.2 Å². The van der Waals surface area contributed by atoms with Crippen molar-refractivity contribution >= 4 is 39.1 Å². The first-order valence-corrected chi connectivity index (χ1v) is 14.8. The molecule has 11 heteroatoms. The van der Waals surface area contributed by atoms with Gasteiger partial charge >= 0.3 is 0 Å². The summed E-state index contributed by atoms with van der Waals surface area (Å²) in [4.78, 5) is 28.5. The highest BCUT2D eigenvalue weighted by molar-refractivity contribution is 7.92. The van der Waals surface area contributed by atoms with Crippen LogP contribution in [0.1, 0.15) is 39.7 Å². The fourth-order valence-corrected chi connectivity index (χ4v) is 5.31. The molecule has 1 heterocycles. The van der Waals surface area contributed by atoms with Crippen molar-refractivity contribution in [1.82, 2.24) is 10.2 Å². The smallest absolute Gasteiger partial charge is 0.244 e. The lowest BCUT2D eigenvalue weighted by molar-refractivity contribution is -0.140. The highest BCUT2D eigenvalue weighted by Crippen LogP contribution is 2.35. The Hall–Kier alpha value is -2.98. The van der Waals surface area contributed by atoms with Crippen LogP contribution in [0.25, 0.3) is 0 Å². The molecule has 9 nitrogen and oxygen atoms in total. The molecule has 3 rings (SSSR count). The molecule has 0 bridgehead atoms. The third-order valence-electron chi connectivity index (χ3n) is 6.16. The maximum absolute atomic E-state index is 13.9. The van der Waals surface area contributed by atoms with Gasteiger partial charge in [0.15, 0.2) is 11.5 Å². The van der Waals surface area contributed by atoms with E-state index in [0.717, 1.165) is 4.31 Å². The largest absolute Gasteiger partial charge is 0.486 e. The van der Waals surface area contributed by atoms with E-state index in [9.17, 15) is 18.0 Å². The molecular weight excluding hydrogens is 530 g/mol. The van der Waals surface area contributed by atoms with Gasteiger partial charge in [0.05, 0.1) is 11.4 Å². The van der Waals surface area contributed by atoms with Crippen molar-refractivity contribution in [2.75, 3.05) is 36.4 Å². The van der Waals surface area contributed by atoms with Crippen LogP contribution in [0.15, 0.2) is 42.5 Å². The molecule has 1 atom stereocenters. The van der Waals surface area contributed by atoms with E-state index < -0.39 is 28.5 Å². The molecule has 0 saturated carbocycles. The zero-order valence-corrected chi connectivity index (χ0v) is 23.8. The average Bonchev–Trinajstić information content (AvgIpc) is 2.90. The van der Waals surface area contributed by atoms with Gasteiger partial charge in [-0.15, -0.1) is 0 Å². The van der Waals surface area contributed by atoms with Crippen molar-refractivity contribution in [3.63, 3.8) is 0 Å². The summed E-state index contributed by atoms with van der Waals surface area (Å²) in [6, 6.07) is 11.0. The van der Waals surface area contributed by atoms with Gasteiger partial charge < -0.3 is 19.7 Å². The number of amides is 2. The number of carbonyl (C=O) groups excluding carboxylic acids is 2. The van der Waals surface area contributed by atoms with Gasteiger partial charge in [0.25, 0.3) is 0 Å². The molecule has 0 radical (unpaired) electrons. The fourth-order valence-electron chi connectivity index (χ4n) is 4.06. The molecular formula is C27H36ClN3O6S. The summed E-state index contributed by atoms with van der Waals surface area (Å²) in [5, 5.41) is 3.35. The van der Waals surface area contributed by atoms with Crippen molar-refractivity contribution in [3.05, 3.63) is 53.1 Å². The number of hydrogen-bond donors (Lipinski definition) is 1. The molecule has 1 aliphatic heterocycles. The molecule has 0 spiro atoms. The number of sulfonamides is 1. The Morgan fingerprint density at radius 2 is 1.74 bits per heavy atom. The minimum Gasteiger partial charge on any atom is -0.486 e. The molecule has 0 fully saturated rings. The molecule has 2 aromatic carbocycles. The van der Waals surface area contributed by atoms with E-state index in [1.54, 1.807) is 42.5 Å². The quantitative estimate of drug-likeness (QED) is 0.419.